The Labute approximate surface area is 222 Å². The second-order valence-corrected chi connectivity index (χ2v) is 10.1. The number of benzene rings is 4. The Morgan fingerprint density at radius 3 is 2.35 bits per heavy atom. The van der Waals surface area contributed by atoms with Gasteiger partial charge < -0.3 is 14.4 Å². The molecule has 0 unspecified atom stereocenters. The minimum Gasteiger partial charge on any atom is -0.497 e. The summed E-state index contributed by atoms with van der Waals surface area (Å²) in [6, 6.07) is 28.4. The minimum atomic E-state index is 0.777. The van der Waals surface area contributed by atoms with Crippen molar-refractivity contribution < 1.29 is 9.47 Å². The third kappa shape index (κ3) is 6.17. The molecule has 3 nitrogen and oxygen atoms in total. The van der Waals surface area contributed by atoms with Gasteiger partial charge in [0.05, 0.1) is 13.7 Å². The second kappa shape index (κ2) is 12.3. The van der Waals surface area contributed by atoms with Gasteiger partial charge in [0, 0.05) is 6.54 Å². The highest BCUT2D eigenvalue weighted by Crippen LogP contribution is 2.35. The number of likely N-dealkylation sites (tertiary alicyclic amines) is 1. The van der Waals surface area contributed by atoms with Crippen LogP contribution < -0.4 is 9.47 Å². The van der Waals surface area contributed by atoms with Gasteiger partial charge in [-0.25, -0.2) is 0 Å². The molecule has 0 spiro atoms. The predicted molar refractivity (Wildman–Crippen MR) is 155 cm³/mol. The van der Waals surface area contributed by atoms with Gasteiger partial charge in [-0.2, -0.15) is 0 Å². The van der Waals surface area contributed by atoms with E-state index in [-0.39, 0.29) is 0 Å². The summed E-state index contributed by atoms with van der Waals surface area (Å²) in [7, 11) is 1.73. The third-order valence-electron chi connectivity index (χ3n) is 7.67. The molecule has 192 valence electrons. The molecule has 1 aliphatic heterocycles. The van der Waals surface area contributed by atoms with E-state index < -0.39 is 0 Å². The van der Waals surface area contributed by atoms with Gasteiger partial charge in [-0.1, -0.05) is 67.9 Å². The van der Waals surface area contributed by atoms with E-state index in [9.17, 15) is 0 Å². The van der Waals surface area contributed by atoms with E-state index in [0.29, 0.717) is 0 Å². The van der Waals surface area contributed by atoms with Crippen molar-refractivity contribution in [3.05, 3.63) is 95.6 Å². The smallest absolute Gasteiger partial charge is 0.119 e. The molecule has 1 heterocycles. The van der Waals surface area contributed by atoms with Crippen molar-refractivity contribution in [2.45, 2.75) is 45.4 Å². The van der Waals surface area contributed by atoms with Gasteiger partial charge in [-0.3, -0.25) is 0 Å². The van der Waals surface area contributed by atoms with E-state index in [0.717, 1.165) is 43.9 Å². The molecule has 0 saturated carbocycles. The number of fused-ring (bicyclic) bond motifs is 1. The number of piperidine rings is 1. The Hall–Kier alpha value is -3.30. The Balaban J connectivity index is 1.35. The average Bonchev–Trinajstić information content (AvgIpc) is 2.96. The number of rotatable bonds is 10. The zero-order valence-corrected chi connectivity index (χ0v) is 22.3. The van der Waals surface area contributed by atoms with Crippen LogP contribution in [0.2, 0.25) is 0 Å². The number of methoxy groups -OCH3 is 1. The first kappa shape index (κ1) is 25.4. The summed E-state index contributed by atoms with van der Waals surface area (Å²) in [4.78, 5) is 2.57. The van der Waals surface area contributed by atoms with Crippen molar-refractivity contribution in [2.24, 2.45) is 0 Å². The zero-order valence-electron chi connectivity index (χ0n) is 22.3. The Morgan fingerprint density at radius 1 is 0.784 bits per heavy atom. The lowest BCUT2D eigenvalue weighted by Crippen LogP contribution is -2.31. The first-order chi connectivity index (χ1) is 18.2. The van der Waals surface area contributed by atoms with Crippen molar-refractivity contribution in [3.8, 4) is 22.6 Å². The maximum atomic E-state index is 6.08. The van der Waals surface area contributed by atoms with E-state index in [4.69, 9.17) is 9.47 Å². The van der Waals surface area contributed by atoms with E-state index in [2.05, 4.69) is 90.7 Å². The SMILES string of the molecule is CCc1ccccc1-c1ccc2cc(OC)ccc2c1Cc1ccc(OCCCN2CCCCC2)cc1. The van der Waals surface area contributed by atoms with Gasteiger partial charge in [0.1, 0.15) is 11.5 Å². The predicted octanol–water partition coefficient (Wildman–Crippen LogP) is 7.92. The van der Waals surface area contributed by atoms with Gasteiger partial charge in [-0.15, -0.1) is 0 Å². The summed E-state index contributed by atoms with van der Waals surface area (Å²) in [5.74, 6) is 1.85. The summed E-state index contributed by atoms with van der Waals surface area (Å²) in [5, 5.41) is 2.49. The van der Waals surface area contributed by atoms with Crippen LogP contribution in [-0.4, -0.2) is 38.3 Å². The number of hydrogen-bond acceptors (Lipinski definition) is 3. The Kier molecular flexibility index (Phi) is 8.42. The average molecular weight is 494 g/mol. The second-order valence-electron chi connectivity index (χ2n) is 10.1. The fraction of sp³-hybridized carbons (Fsp3) is 0.353. The standard InChI is InChI=1S/C34H39NO2/c1-3-27-10-5-6-11-31(27)33-18-14-28-25-30(36-2)17-19-32(28)34(33)24-26-12-15-29(16-13-26)37-23-9-22-35-20-7-4-8-21-35/h5-6,10-19,25H,3-4,7-9,20-24H2,1-2H3. The van der Waals surface area contributed by atoms with Crippen LogP contribution in [0.25, 0.3) is 21.9 Å². The van der Waals surface area contributed by atoms with Gasteiger partial charge in [0.2, 0.25) is 0 Å². The fourth-order valence-corrected chi connectivity index (χ4v) is 5.60. The largest absolute Gasteiger partial charge is 0.497 e. The quantitative estimate of drug-likeness (QED) is 0.209. The van der Waals surface area contributed by atoms with Crippen LogP contribution in [0.5, 0.6) is 11.5 Å². The molecule has 4 aromatic carbocycles. The van der Waals surface area contributed by atoms with Gasteiger partial charge >= 0.3 is 0 Å². The zero-order chi connectivity index (χ0) is 25.5. The number of ether oxygens (including phenoxy) is 2. The highest BCUT2D eigenvalue weighted by Gasteiger charge is 2.14. The molecular weight excluding hydrogens is 454 g/mol. The maximum Gasteiger partial charge on any atom is 0.119 e. The summed E-state index contributed by atoms with van der Waals surface area (Å²) >= 11 is 0. The van der Waals surface area contributed by atoms with Crippen LogP contribution in [0.3, 0.4) is 0 Å². The normalized spacial score (nSPS) is 14.1. The molecule has 0 radical (unpaired) electrons. The third-order valence-corrected chi connectivity index (χ3v) is 7.67. The number of nitrogens with zero attached hydrogens (tertiary/aromatic N) is 1. The van der Waals surface area contributed by atoms with Crippen molar-refractivity contribution in [2.75, 3.05) is 33.4 Å². The van der Waals surface area contributed by atoms with Gasteiger partial charge in [0.15, 0.2) is 0 Å². The monoisotopic (exact) mass is 493 g/mol. The minimum absolute atomic E-state index is 0.777. The molecule has 3 heteroatoms. The number of aryl methyl sites for hydroxylation is 1. The molecule has 4 aromatic rings. The van der Waals surface area contributed by atoms with Crippen LogP contribution in [-0.2, 0) is 12.8 Å². The summed E-state index contributed by atoms with van der Waals surface area (Å²) in [6.07, 6.45) is 7.04. The molecule has 1 aliphatic rings. The van der Waals surface area contributed by atoms with Crippen LogP contribution >= 0.6 is 0 Å². The molecule has 0 N–H and O–H groups in total. The maximum absolute atomic E-state index is 6.08. The molecule has 0 aliphatic carbocycles. The van der Waals surface area contributed by atoms with Crippen molar-refractivity contribution in [1.29, 1.82) is 0 Å². The molecule has 1 saturated heterocycles. The summed E-state index contributed by atoms with van der Waals surface area (Å²) in [5.41, 5.74) is 6.67. The van der Waals surface area contributed by atoms with E-state index in [1.165, 1.54) is 70.9 Å². The van der Waals surface area contributed by atoms with E-state index in [1.54, 1.807) is 7.11 Å². The van der Waals surface area contributed by atoms with Crippen LogP contribution in [0.15, 0.2) is 78.9 Å². The lowest BCUT2D eigenvalue weighted by molar-refractivity contribution is 0.205. The lowest BCUT2D eigenvalue weighted by atomic mass is 9.88. The molecule has 0 amide bonds. The molecule has 0 bridgehead atoms. The molecule has 5 rings (SSSR count). The molecule has 37 heavy (non-hydrogen) atoms. The molecule has 1 fully saturated rings. The van der Waals surface area contributed by atoms with Gasteiger partial charge in [-0.05, 0) is 108 Å². The molecule has 0 aromatic heterocycles. The summed E-state index contributed by atoms with van der Waals surface area (Å²) in [6.45, 7) is 6.65. The van der Waals surface area contributed by atoms with E-state index >= 15 is 0 Å². The van der Waals surface area contributed by atoms with Crippen LogP contribution in [0, 0.1) is 0 Å². The first-order valence-corrected chi connectivity index (χ1v) is 13.9. The van der Waals surface area contributed by atoms with Crippen molar-refractivity contribution in [3.63, 3.8) is 0 Å². The van der Waals surface area contributed by atoms with Crippen molar-refractivity contribution >= 4 is 10.8 Å². The first-order valence-electron chi connectivity index (χ1n) is 13.9. The van der Waals surface area contributed by atoms with E-state index in [1.807, 2.05) is 0 Å². The molecule has 0 atom stereocenters. The Morgan fingerprint density at radius 2 is 1.57 bits per heavy atom. The number of hydrogen-bond donors (Lipinski definition) is 0. The van der Waals surface area contributed by atoms with Crippen molar-refractivity contribution in [1.82, 2.24) is 4.90 Å². The lowest BCUT2D eigenvalue weighted by Gasteiger charge is -2.26. The highest BCUT2D eigenvalue weighted by molar-refractivity contribution is 5.93. The Bertz CT molecular complexity index is 1310. The topological polar surface area (TPSA) is 21.7 Å². The van der Waals surface area contributed by atoms with Gasteiger partial charge in [0.25, 0.3) is 0 Å². The summed E-state index contributed by atoms with van der Waals surface area (Å²) < 4.78 is 11.6. The fourth-order valence-electron chi connectivity index (χ4n) is 5.60. The molecular formula is C34H39NO2. The van der Waals surface area contributed by atoms with Crippen LogP contribution in [0.4, 0.5) is 0 Å². The highest BCUT2D eigenvalue weighted by atomic mass is 16.5. The van der Waals surface area contributed by atoms with Crippen LogP contribution in [0.1, 0.15) is 49.3 Å².